The Bertz CT molecular complexity index is 205. The molecule has 0 radical (unpaired) electrons. The second-order valence-corrected chi connectivity index (χ2v) is 3.77. The number of rotatable bonds is 3. The van der Waals surface area contributed by atoms with Crippen LogP contribution in [0.2, 0.25) is 0 Å². The van der Waals surface area contributed by atoms with Gasteiger partial charge in [-0.05, 0) is 13.8 Å². The highest BCUT2D eigenvalue weighted by Crippen LogP contribution is 2.21. The van der Waals surface area contributed by atoms with Gasteiger partial charge in [-0.3, -0.25) is 4.79 Å². The zero-order valence-corrected chi connectivity index (χ0v) is 8.47. The Morgan fingerprint density at radius 1 is 1.57 bits per heavy atom. The molecule has 0 spiro atoms. The van der Waals surface area contributed by atoms with E-state index >= 15 is 0 Å². The number of aliphatic hydroxyl groups is 1. The lowest BCUT2D eigenvalue weighted by atomic mass is 10.0. The molecule has 0 aromatic carbocycles. The van der Waals surface area contributed by atoms with Gasteiger partial charge in [0.1, 0.15) is 6.10 Å². The van der Waals surface area contributed by atoms with E-state index in [0.717, 1.165) is 0 Å². The minimum Gasteiger partial charge on any atom is -0.393 e. The quantitative estimate of drug-likeness (QED) is 0.663. The van der Waals surface area contributed by atoms with E-state index in [0.29, 0.717) is 6.42 Å². The molecule has 5 heteroatoms. The molecule has 0 aromatic rings. The van der Waals surface area contributed by atoms with Crippen molar-refractivity contribution in [2.24, 2.45) is 5.73 Å². The van der Waals surface area contributed by atoms with Crippen molar-refractivity contribution in [3.8, 4) is 0 Å². The van der Waals surface area contributed by atoms with Gasteiger partial charge in [0.25, 0.3) is 0 Å². The molecule has 0 aliphatic carbocycles. The summed E-state index contributed by atoms with van der Waals surface area (Å²) in [4.78, 5) is 10.9. The topological polar surface area (TPSA) is 81.8 Å². The fourth-order valence-electron chi connectivity index (χ4n) is 1.43. The first-order chi connectivity index (χ1) is 6.49. The van der Waals surface area contributed by atoms with Crippen molar-refractivity contribution < 1.29 is 19.4 Å². The molecule has 1 rings (SSSR count). The second kappa shape index (κ2) is 4.72. The highest BCUT2D eigenvalue weighted by molar-refractivity contribution is 5.78. The van der Waals surface area contributed by atoms with Gasteiger partial charge in [-0.1, -0.05) is 0 Å². The summed E-state index contributed by atoms with van der Waals surface area (Å²) in [5.74, 6) is -0.555. The summed E-state index contributed by atoms with van der Waals surface area (Å²) in [6.45, 7) is 3.73. The summed E-state index contributed by atoms with van der Waals surface area (Å²) in [5, 5.41) is 9.44. The Labute approximate surface area is 83.2 Å². The number of hydrogen-bond donors (Lipinski definition) is 2. The summed E-state index contributed by atoms with van der Waals surface area (Å²) >= 11 is 0. The average molecular weight is 203 g/mol. The van der Waals surface area contributed by atoms with Crippen molar-refractivity contribution in [1.82, 2.24) is 0 Å². The first kappa shape index (κ1) is 11.4. The summed E-state index contributed by atoms with van der Waals surface area (Å²) in [7, 11) is 0. The fraction of sp³-hybridized carbons (Fsp3) is 0.889. The molecule has 1 amide bonds. The van der Waals surface area contributed by atoms with Crippen LogP contribution in [0.15, 0.2) is 0 Å². The molecule has 1 fully saturated rings. The van der Waals surface area contributed by atoms with Crippen LogP contribution in [0, 0.1) is 0 Å². The maximum atomic E-state index is 10.9. The summed E-state index contributed by atoms with van der Waals surface area (Å²) in [5.41, 5.74) is 5.09. The Morgan fingerprint density at radius 3 is 2.71 bits per heavy atom. The van der Waals surface area contributed by atoms with E-state index in [9.17, 15) is 9.90 Å². The van der Waals surface area contributed by atoms with Gasteiger partial charge in [0.2, 0.25) is 5.91 Å². The molecule has 3 N–H and O–H groups in total. The van der Waals surface area contributed by atoms with Crippen LogP contribution in [-0.2, 0) is 14.3 Å². The van der Waals surface area contributed by atoms with Crippen LogP contribution >= 0.6 is 0 Å². The first-order valence-electron chi connectivity index (χ1n) is 4.77. The molecule has 1 aliphatic heterocycles. The Kier molecular flexibility index (Phi) is 3.86. The smallest absolute Gasteiger partial charge is 0.246 e. The van der Waals surface area contributed by atoms with E-state index < -0.39 is 24.4 Å². The van der Waals surface area contributed by atoms with Gasteiger partial charge in [-0.2, -0.15) is 0 Å². The lowest BCUT2D eigenvalue weighted by molar-refractivity contribution is -0.225. The zero-order chi connectivity index (χ0) is 10.7. The van der Waals surface area contributed by atoms with Crippen LogP contribution in [0.4, 0.5) is 0 Å². The number of hydrogen-bond acceptors (Lipinski definition) is 4. The van der Waals surface area contributed by atoms with Crippen LogP contribution in [0.3, 0.4) is 0 Å². The van der Waals surface area contributed by atoms with Crippen LogP contribution in [0.25, 0.3) is 0 Å². The zero-order valence-electron chi connectivity index (χ0n) is 8.47. The highest BCUT2D eigenvalue weighted by atomic mass is 16.7. The minimum atomic E-state index is -0.734. The maximum Gasteiger partial charge on any atom is 0.246 e. The normalized spacial score (nSPS) is 33.3. The second-order valence-electron chi connectivity index (χ2n) is 3.77. The maximum absolute atomic E-state index is 10.9. The molecule has 3 atom stereocenters. The van der Waals surface area contributed by atoms with E-state index in [-0.39, 0.29) is 12.5 Å². The van der Waals surface area contributed by atoms with Gasteiger partial charge in [-0.15, -0.1) is 0 Å². The third-order valence-corrected chi connectivity index (χ3v) is 2.01. The van der Waals surface area contributed by atoms with Crippen molar-refractivity contribution in [3.05, 3.63) is 0 Å². The van der Waals surface area contributed by atoms with E-state index in [1.807, 2.05) is 13.8 Å². The summed E-state index contributed by atoms with van der Waals surface area (Å²) in [6.07, 6.45) is -1.20. The molecule has 14 heavy (non-hydrogen) atoms. The van der Waals surface area contributed by atoms with Gasteiger partial charge < -0.3 is 20.3 Å². The minimum absolute atomic E-state index is 0.00109. The monoisotopic (exact) mass is 203 g/mol. The third kappa shape index (κ3) is 3.25. The number of ether oxygens (including phenoxy) is 2. The number of nitrogens with two attached hydrogens (primary N) is 1. The van der Waals surface area contributed by atoms with E-state index in [4.69, 9.17) is 15.2 Å². The molecule has 1 aliphatic rings. The van der Waals surface area contributed by atoms with Gasteiger partial charge in [0.15, 0.2) is 6.29 Å². The Morgan fingerprint density at radius 2 is 2.21 bits per heavy atom. The number of amides is 1. The lowest BCUT2D eigenvalue weighted by Crippen LogP contribution is -2.44. The molecular weight excluding hydrogens is 186 g/mol. The van der Waals surface area contributed by atoms with Crippen molar-refractivity contribution in [1.29, 1.82) is 0 Å². The number of carbonyl (C=O) groups is 1. The Balaban J connectivity index is 2.49. The van der Waals surface area contributed by atoms with Gasteiger partial charge in [0.05, 0.1) is 12.2 Å². The fourth-order valence-corrected chi connectivity index (χ4v) is 1.43. The average Bonchev–Trinajstić information content (AvgIpc) is 2.01. The van der Waals surface area contributed by atoms with Crippen molar-refractivity contribution in [2.75, 3.05) is 0 Å². The van der Waals surface area contributed by atoms with E-state index in [1.165, 1.54) is 0 Å². The first-order valence-corrected chi connectivity index (χ1v) is 4.77. The lowest BCUT2D eigenvalue weighted by Gasteiger charge is -2.32. The third-order valence-electron chi connectivity index (χ3n) is 2.01. The predicted molar refractivity (Wildman–Crippen MR) is 49.3 cm³/mol. The van der Waals surface area contributed by atoms with Gasteiger partial charge in [-0.25, -0.2) is 0 Å². The Hall–Kier alpha value is -0.650. The van der Waals surface area contributed by atoms with Gasteiger partial charge >= 0.3 is 0 Å². The van der Waals surface area contributed by atoms with Crippen LogP contribution in [-0.4, -0.2) is 35.6 Å². The summed E-state index contributed by atoms with van der Waals surface area (Å²) in [6, 6.07) is 0. The largest absolute Gasteiger partial charge is 0.393 e. The molecule has 1 heterocycles. The molecule has 0 bridgehead atoms. The molecule has 0 saturated carbocycles. The van der Waals surface area contributed by atoms with Crippen molar-refractivity contribution in [3.63, 3.8) is 0 Å². The molecule has 3 unspecified atom stereocenters. The highest BCUT2D eigenvalue weighted by Gasteiger charge is 2.32. The van der Waals surface area contributed by atoms with Crippen molar-refractivity contribution in [2.45, 2.75) is 51.3 Å². The molecular formula is C9H17NO4. The van der Waals surface area contributed by atoms with E-state index in [1.54, 1.807) is 0 Å². The van der Waals surface area contributed by atoms with Gasteiger partial charge in [0, 0.05) is 12.8 Å². The molecule has 0 aromatic heterocycles. The van der Waals surface area contributed by atoms with Crippen molar-refractivity contribution >= 4 is 5.91 Å². The number of carbonyl (C=O) groups excluding carboxylic acids is 1. The standard InChI is InChI=1S/C9H17NO4/c1-5(2)13-8-4-6(11)3-7(14-8)9(10)12/h5-8,11H,3-4H2,1-2H3,(H2,10,12). The molecule has 5 nitrogen and oxygen atoms in total. The van der Waals surface area contributed by atoms with Crippen LogP contribution in [0.5, 0.6) is 0 Å². The predicted octanol–water partition coefficient (Wildman–Crippen LogP) is -0.237. The van der Waals surface area contributed by atoms with E-state index in [2.05, 4.69) is 0 Å². The van der Waals surface area contributed by atoms with Crippen LogP contribution in [0.1, 0.15) is 26.7 Å². The molecule has 1 saturated heterocycles. The number of aliphatic hydroxyl groups excluding tert-OH is 1. The SMILES string of the molecule is CC(C)OC1CC(O)CC(C(N)=O)O1. The molecule has 82 valence electrons. The number of primary amides is 1. The van der Waals surface area contributed by atoms with Crippen LogP contribution < -0.4 is 5.73 Å². The summed E-state index contributed by atoms with van der Waals surface area (Å²) < 4.78 is 10.6.